The van der Waals surface area contributed by atoms with E-state index in [0.717, 1.165) is 27.1 Å². The molecular weight excluding hydrogens is 476 g/mol. The van der Waals surface area contributed by atoms with Crippen LogP contribution in [0.2, 0.25) is 0 Å². The van der Waals surface area contributed by atoms with Crippen molar-refractivity contribution < 1.29 is 19.1 Å². The molecule has 2 aromatic carbocycles. The number of benzene rings is 2. The number of aromatic nitrogens is 1. The molecule has 166 valence electrons. The van der Waals surface area contributed by atoms with Gasteiger partial charge in [-0.3, -0.25) is 9.59 Å². The number of halogens is 1. The summed E-state index contributed by atoms with van der Waals surface area (Å²) in [6, 6.07) is 14.7. The highest BCUT2D eigenvalue weighted by Gasteiger charge is 2.16. The molecule has 0 fully saturated rings. The zero-order valence-corrected chi connectivity index (χ0v) is 19.7. The smallest absolute Gasteiger partial charge is 0.329 e. The van der Waals surface area contributed by atoms with Gasteiger partial charge in [0.15, 0.2) is 0 Å². The third kappa shape index (κ3) is 5.17. The Hall–Kier alpha value is -3.59. The topological polar surface area (TPSA) is 94.0 Å². The highest BCUT2D eigenvalue weighted by molar-refractivity contribution is 9.10. The average Bonchev–Trinajstić information content (AvgIpc) is 3.07. The number of methoxy groups -OCH3 is 2. The molecule has 1 heterocycles. The lowest BCUT2D eigenvalue weighted by atomic mass is 10.2. The lowest BCUT2D eigenvalue weighted by Gasteiger charge is -2.11. The Morgan fingerprint density at radius 3 is 2.38 bits per heavy atom. The number of hydrazone groups is 1. The van der Waals surface area contributed by atoms with Crippen LogP contribution in [-0.4, -0.2) is 36.8 Å². The van der Waals surface area contributed by atoms with E-state index in [2.05, 4.69) is 36.3 Å². The van der Waals surface area contributed by atoms with Crippen LogP contribution in [0.3, 0.4) is 0 Å². The summed E-state index contributed by atoms with van der Waals surface area (Å²) in [5.41, 5.74) is 6.40. The van der Waals surface area contributed by atoms with Crippen LogP contribution in [0.15, 0.2) is 58.1 Å². The first-order valence-corrected chi connectivity index (χ1v) is 10.4. The third-order valence-corrected chi connectivity index (χ3v) is 5.32. The van der Waals surface area contributed by atoms with Gasteiger partial charge < -0.3 is 19.4 Å². The van der Waals surface area contributed by atoms with Gasteiger partial charge in [0.05, 0.1) is 26.1 Å². The van der Waals surface area contributed by atoms with Gasteiger partial charge in [-0.2, -0.15) is 5.10 Å². The maximum absolute atomic E-state index is 12.2. The van der Waals surface area contributed by atoms with Crippen LogP contribution in [-0.2, 0) is 9.59 Å². The quantitative estimate of drug-likeness (QED) is 0.305. The van der Waals surface area contributed by atoms with E-state index in [-0.39, 0.29) is 0 Å². The number of carbonyl (C=O) groups is 2. The SMILES string of the molecule is COc1ccc(NC(=O)C(=O)N/N=C\c2cc(C)n(-c3ccc(Br)cc3)c2C)c(OC)c1. The molecule has 0 radical (unpaired) electrons. The second-order valence-corrected chi connectivity index (χ2v) is 7.77. The fourth-order valence-electron chi connectivity index (χ4n) is 3.20. The molecule has 0 aliphatic heterocycles. The van der Waals surface area contributed by atoms with Crippen molar-refractivity contribution >= 4 is 39.6 Å². The van der Waals surface area contributed by atoms with Crippen molar-refractivity contribution in [2.75, 3.05) is 19.5 Å². The molecule has 0 aliphatic rings. The minimum atomic E-state index is -0.902. The van der Waals surface area contributed by atoms with Gasteiger partial charge in [-0.1, -0.05) is 15.9 Å². The molecule has 0 saturated carbocycles. The number of nitrogens with zero attached hydrogens (tertiary/aromatic N) is 2. The van der Waals surface area contributed by atoms with Gasteiger partial charge in [0.25, 0.3) is 0 Å². The number of hydrogen-bond donors (Lipinski definition) is 2. The molecule has 2 N–H and O–H groups in total. The van der Waals surface area contributed by atoms with Crippen molar-refractivity contribution in [2.45, 2.75) is 13.8 Å². The van der Waals surface area contributed by atoms with Crippen molar-refractivity contribution in [2.24, 2.45) is 5.10 Å². The average molecular weight is 499 g/mol. The van der Waals surface area contributed by atoms with E-state index < -0.39 is 11.8 Å². The van der Waals surface area contributed by atoms with Gasteiger partial charge >= 0.3 is 11.8 Å². The number of amides is 2. The van der Waals surface area contributed by atoms with E-state index in [0.29, 0.717) is 17.2 Å². The molecule has 0 atom stereocenters. The van der Waals surface area contributed by atoms with Crippen molar-refractivity contribution in [3.63, 3.8) is 0 Å². The molecule has 1 aromatic heterocycles. The first-order valence-electron chi connectivity index (χ1n) is 9.65. The Bertz CT molecular complexity index is 1170. The molecule has 32 heavy (non-hydrogen) atoms. The number of anilines is 1. The Morgan fingerprint density at radius 2 is 1.72 bits per heavy atom. The summed E-state index contributed by atoms with van der Waals surface area (Å²) in [4.78, 5) is 24.4. The van der Waals surface area contributed by atoms with E-state index >= 15 is 0 Å². The van der Waals surface area contributed by atoms with Gasteiger partial charge in [0.2, 0.25) is 0 Å². The highest BCUT2D eigenvalue weighted by Crippen LogP contribution is 2.29. The predicted octanol–water partition coefficient (Wildman–Crippen LogP) is 3.96. The van der Waals surface area contributed by atoms with E-state index in [4.69, 9.17) is 9.47 Å². The van der Waals surface area contributed by atoms with Crippen LogP contribution in [0.5, 0.6) is 11.5 Å². The van der Waals surface area contributed by atoms with Gasteiger partial charge in [0.1, 0.15) is 11.5 Å². The summed E-state index contributed by atoms with van der Waals surface area (Å²) in [5, 5.41) is 6.44. The van der Waals surface area contributed by atoms with Gasteiger partial charge in [-0.05, 0) is 56.3 Å². The highest BCUT2D eigenvalue weighted by atomic mass is 79.9. The number of nitrogens with one attached hydrogen (secondary N) is 2. The standard InChI is InChI=1S/C23H23BrN4O4/c1-14-11-16(15(2)28(14)18-7-5-17(24)6-8-18)13-25-27-23(30)22(29)26-20-10-9-19(31-3)12-21(20)32-4/h5-13H,1-4H3,(H,26,29)(H,27,30)/b25-13-. The summed E-state index contributed by atoms with van der Waals surface area (Å²) in [6.45, 7) is 3.95. The summed E-state index contributed by atoms with van der Waals surface area (Å²) >= 11 is 3.44. The maximum atomic E-state index is 12.2. The van der Waals surface area contributed by atoms with Crippen LogP contribution >= 0.6 is 15.9 Å². The Morgan fingerprint density at radius 1 is 1.00 bits per heavy atom. The number of hydrogen-bond acceptors (Lipinski definition) is 5. The van der Waals surface area contributed by atoms with Crippen LogP contribution in [0.25, 0.3) is 5.69 Å². The minimum absolute atomic E-state index is 0.343. The molecule has 0 bridgehead atoms. The molecular formula is C23H23BrN4O4. The van der Waals surface area contributed by atoms with Gasteiger partial charge in [-0.15, -0.1) is 0 Å². The first-order chi connectivity index (χ1) is 15.3. The zero-order valence-electron chi connectivity index (χ0n) is 18.1. The van der Waals surface area contributed by atoms with Crippen molar-refractivity contribution in [1.82, 2.24) is 9.99 Å². The molecule has 9 heteroatoms. The Labute approximate surface area is 194 Å². The molecule has 2 amide bonds. The lowest BCUT2D eigenvalue weighted by molar-refractivity contribution is -0.136. The number of aryl methyl sites for hydroxylation is 1. The zero-order chi connectivity index (χ0) is 23.3. The van der Waals surface area contributed by atoms with Gasteiger partial charge in [-0.25, -0.2) is 5.43 Å². The summed E-state index contributed by atoms with van der Waals surface area (Å²) in [5.74, 6) is -0.837. The van der Waals surface area contributed by atoms with E-state index in [1.54, 1.807) is 18.2 Å². The van der Waals surface area contributed by atoms with Crippen LogP contribution < -0.4 is 20.2 Å². The fourth-order valence-corrected chi connectivity index (χ4v) is 3.46. The normalized spacial score (nSPS) is 10.8. The summed E-state index contributed by atoms with van der Waals surface area (Å²) in [6.07, 6.45) is 1.51. The first kappa shape index (κ1) is 23.1. The van der Waals surface area contributed by atoms with Crippen LogP contribution in [0, 0.1) is 13.8 Å². The number of rotatable bonds is 6. The predicted molar refractivity (Wildman–Crippen MR) is 127 cm³/mol. The monoisotopic (exact) mass is 498 g/mol. The summed E-state index contributed by atoms with van der Waals surface area (Å²) in [7, 11) is 2.98. The largest absolute Gasteiger partial charge is 0.497 e. The van der Waals surface area contributed by atoms with Crippen molar-refractivity contribution in [1.29, 1.82) is 0 Å². The Kier molecular flexibility index (Phi) is 7.32. The number of ether oxygens (including phenoxy) is 2. The van der Waals surface area contributed by atoms with Gasteiger partial charge in [0, 0.05) is 33.2 Å². The van der Waals surface area contributed by atoms with E-state index in [9.17, 15) is 9.59 Å². The van der Waals surface area contributed by atoms with Crippen molar-refractivity contribution in [3.8, 4) is 17.2 Å². The van der Waals surface area contributed by atoms with Crippen LogP contribution in [0.4, 0.5) is 5.69 Å². The number of carbonyl (C=O) groups excluding carboxylic acids is 2. The minimum Gasteiger partial charge on any atom is -0.497 e. The fraction of sp³-hybridized carbons (Fsp3) is 0.174. The summed E-state index contributed by atoms with van der Waals surface area (Å²) < 4.78 is 13.4. The maximum Gasteiger partial charge on any atom is 0.329 e. The second kappa shape index (κ2) is 10.1. The third-order valence-electron chi connectivity index (χ3n) is 4.79. The Balaban J connectivity index is 1.67. The van der Waals surface area contributed by atoms with E-state index in [1.807, 2.05) is 44.2 Å². The molecule has 3 aromatic rings. The molecule has 8 nitrogen and oxygen atoms in total. The second-order valence-electron chi connectivity index (χ2n) is 6.86. The molecule has 0 aliphatic carbocycles. The van der Waals surface area contributed by atoms with Crippen LogP contribution in [0.1, 0.15) is 17.0 Å². The molecule has 3 rings (SSSR count). The van der Waals surface area contributed by atoms with Crippen molar-refractivity contribution in [3.05, 3.63) is 70.0 Å². The lowest BCUT2D eigenvalue weighted by Crippen LogP contribution is -2.32. The molecule has 0 unspecified atom stereocenters. The molecule has 0 spiro atoms. The molecule has 0 saturated heterocycles. The van der Waals surface area contributed by atoms with E-state index in [1.165, 1.54) is 20.4 Å².